The van der Waals surface area contributed by atoms with Gasteiger partial charge in [-0.25, -0.2) is 0 Å². The van der Waals surface area contributed by atoms with E-state index in [0.29, 0.717) is 19.8 Å². The second kappa shape index (κ2) is 6.82. The minimum Gasteiger partial charge on any atom is -0.389 e. The molecule has 0 radical (unpaired) electrons. The summed E-state index contributed by atoms with van der Waals surface area (Å²) < 4.78 is 16.3. The highest BCUT2D eigenvalue weighted by molar-refractivity contribution is 4.87. The van der Waals surface area contributed by atoms with Crippen LogP contribution in [0, 0.1) is 0 Å². The van der Waals surface area contributed by atoms with Gasteiger partial charge in [0.05, 0.1) is 32.0 Å². The summed E-state index contributed by atoms with van der Waals surface area (Å²) in [5, 5.41) is 13.2. The van der Waals surface area contributed by atoms with Crippen molar-refractivity contribution in [1.29, 1.82) is 0 Å². The molecule has 2 aliphatic rings. The van der Waals surface area contributed by atoms with Gasteiger partial charge in [0.15, 0.2) is 0 Å². The molecule has 3 atom stereocenters. The van der Waals surface area contributed by atoms with Crippen molar-refractivity contribution in [3.05, 3.63) is 0 Å². The van der Waals surface area contributed by atoms with Crippen LogP contribution in [0.1, 0.15) is 26.2 Å². The molecule has 2 fully saturated rings. The fourth-order valence-electron chi connectivity index (χ4n) is 2.34. The largest absolute Gasteiger partial charge is 0.389 e. The fraction of sp³-hybridized carbons (Fsp3) is 1.00. The summed E-state index contributed by atoms with van der Waals surface area (Å²) in [5.41, 5.74) is 0.00947. The number of rotatable bonds is 7. The summed E-state index contributed by atoms with van der Waals surface area (Å²) in [5.74, 6) is 0. The molecule has 0 amide bonds. The highest BCUT2D eigenvalue weighted by atomic mass is 16.5. The van der Waals surface area contributed by atoms with Gasteiger partial charge in [0.1, 0.15) is 0 Å². The van der Waals surface area contributed by atoms with E-state index in [9.17, 15) is 5.11 Å². The average molecular weight is 259 g/mol. The lowest BCUT2D eigenvalue weighted by atomic mass is 10.0. The van der Waals surface area contributed by atoms with E-state index < -0.39 is 6.10 Å². The first-order chi connectivity index (χ1) is 8.68. The first-order valence-electron chi connectivity index (χ1n) is 6.88. The molecule has 0 aromatic heterocycles. The maximum atomic E-state index is 9.83. The summed E-state index contributed by atoms with van der Waals surface area (Å²) in [6, 6.07) is 0. The number of ether oxygens (including phenoxy) is 3. The molecule has 0 saturated carbocycles. The Balaban J connectivity index is 1.53. The molecule has 0 spiro atoms. The van der Waals surface area contributed by atoms with Crippen molar-refractivity contribution in [2.45, 2.75) is 43.9 Å². The zero-order chi connectivity index (χ0) is 12.8. The van der Waals surface area contributed by atoms with Gasteiger partial charge in [0, 0.05) is 25.3 Å². The zero-order valence-electron chi connectivity index (χ0n) is 11.2. The maximum absolute atomic E-state index is 9.83. The Labute approximate surface area is 109 Å². The van der Waals surface area contributed by atoms with Gasteiger partial charge in [0.25, 0.3) is 0 Å². The average Bonchev–Trinajstić information content (AvgIpc) is 2.99. The van der Waals surface area contributed by atoms with Crippen LogP contribution >= 0.6 is 0 Å². The summed E-state index contributed by atoms with van der Waals surface area (Å²) >= 11 is 0. The molecular weight excluding hydrogens is 234 g/mol. The number of hydrogen-bond acceptors (Lipinski definition) is 5. The SMILES string of the molecule is CC1(NCC(O)COCC2CCCO2)CCOC1. The molecule has 2 N–H and O–H groups in total. The van der Waals surface area contributed by atoms with Crippen LogP contribution < -0.4 is 5.32 Å². The summed E-state index contributed by atoms with van der Waals surface area (Å²) in [6.07, 6.45) is 2.95. The molecule has 3 unspecified atom stereocenters. The number of β-amino-alcohol motifs (C(OH)–C–C–N with tert-alkyl or cyclic N) is 1. The third kappa shape index (κ3) is 4.48. The molecule has 2 heterocycles. The predicted octanol–water partition coefficient (Wildman–Crippen LogP) is 0.312. The Morgan fingerprint density at radius 1 is 1.50 bits per heavy atom. The fourth-order valence-corrected chi connectivity index (χ4v) is 2.34. The molecule has 5 heteroatoms. The van der Waals surface area contributed by atoms with Gasteiger partial charge in [-0.15, -0.1) is 0 Å². The third-order valence-electron chi connectivity index (χ3n) is 3.62. The highest BCUT2D eigenvalue weighted by Crippen LogP contribution is 2.17. The van der Waals surface area contributed by atoms with Crippen molar-refractivity contribution in [2.75, 3.05) is 39.6 Å². The van der Waals surface area contributed by atoms with Crippen molar-refractivity contribution >= 4 is 0 Å². The molecule has 18 heavy (non-hydrogen) atoms. The van der Waals surface area contributed by atoms with E-state index in [1.807, 2.05) is 0 Å². The Morgan fingerprint density at radius 3 is 3.06 bits per heavy atom. The second-order valence-electron chi connectivity index (χ2n) is 5.57. The van der Waals surface area contributed by atoms with Crippen LogP contribution in [0.4, 0.5) is 0 Å². The smallest absolute Gasteiger partial charge is 0.0897 e. The predicted molar refractivity (Wildman–Crippen MR) is 67.6 cm³/mol. The lowest BCUT2D eigenvalue weighted by Gasteiger charge is -2.25. The molecule has 0 aliphatic carbocycles. The number of hydrogen-bond donors (Lipinski definition) is 2. The quantitative estimate of drug-likeness (QED) is 0.689. The van der Waals surface area contributed by atoms with Gasteiger partial charge in [0.2, 0.25) is 0 Å². The Morgan fingerprint density at radius 2 is 2.39 bits per heavy atom. The standard InChI is InChI=1S/C13H25NO4/c1-13(4-6-16-10-13)14-7-11(15)8-17-9-12-3-2-5-18-12/h11-12,14-15H,2-10H2,1H3. The monoisotopic (exact) mass is 259 g/mol. The van der Waals surface area contributed by atoms with Gasteiger partial charge < -0.3 is 24.6 Å². The van der Waals surface area contributed by atoms with Crippen LogP contribution in [-0.4, -0.2) is 62.4 Å². The van der Waals surface area contributed by atoms with E-state index in [1.165, 1.54) is 0 Å². The highest BCUT2D eigenvalue weighted by Gasteiger charge is 2.29. The molecule has 2 rings (SSSR count). The summed E-state index contributed by atoms with van der Waals surface area (Å²) in [6.45, 7) is 5.99. The van der Waals surface area contributed by atoms with Crippen LogP contribution in [0.25, 0.3) is 0 Å². The van der Waals surface area contributed by atoms with E-state index in [4.69, 9.17) is 14.2 Å². The number of aliphatic hydroxyl groups excluding tert-OH is 1. The molecular formula is C13H25NO4. The summed E-state index contributed by atoms with van der Waals surface area (Å²) in [4.78, 5) is 0. The van der Waals surface area contributed by atoms with Gasteiger partial charge >= 0.3 is 0 Å². The molecule has 106 valence electrons. The van der Waals surface area contributed by atoms with Crippen molar-refractivity contribution in [2.24, 2.45) is 0 Å². The molecule has 2 saturated heterocycles. The Bertz CT molecular complexity index is 237. The van der Waals surface area contributed by atoms with Crippen molar-refractivity contribution in [1.82, 2.24) is 5.32 Å². The third-order valence-corrected chi connectivity index (χ3v) is 3.62. The van der Waals surface area contributed by atoms with Gasteiger partial charge in [-0.3, -0.25) is 0 Å². The Kier molecular flexibility index (Phi) is 5.38. The lowest BCUT2D eigenvalue weighted by Crippen LogP contribution is -2.47. The lowest BCUT2D eigenvalue weighted by molar-refractivity contribution is -0.0180. The minimum absolute atomic E-state index is 0.00947. The molecule has 5 nitrogen and oxygen atoms in total. The van der Waals surface area contributed by atoms with Crippen LogP contribution in [0.15, 0.2) is 0 Å². The minimum atomic E-state index is -0.469. The van der Waals surface area contributed by atoms with Gasteiger partial charge in [-0.05, 0) is 26.2 Å². The second-order valence-corrected chi connectivity index (χ2v) is 5.57. The molecule has 0 bridgehead atoms. The number of aliphatic hydroxyl groups is 1. The van der Waals surface area contributed by atoms with Crippen LogP contribution in [-0.2, 0) is 14.2 Å². The van der Waals surface area contributed by atoms with Gasteiger partial charge in [-0.1, -0.05) is 0 Å². The number of nitrogens with one attached hydrogen (secondary N) is 1. The van der Waals surface area contributed by atoms with Crippen LogP contribution in [0.2, 0.25) is 0 Å². The van der Waals surface area contributed by atoms with Crippen LogP contribution in [0.3, 0.4) is 0 Å². The first kappa shape index (κ1) is 14.2. The van der Waals surface area contributed by atoms with E-state index in [-0.39, 0.29) is 11.6 Å². The van der Waals surface area contributed by atoms with E-state index >= 15 is 0 Å². The Hall–Kier alpha value is -0.200. The van der Waals surface area contributed by atoms with E-state index in [0.717, 1.165) is 39.1 Å². The van der Waals surface area contributed by atoms with Crippen LogP contribution in [0.5, 0.6) is 0 Å². The summed E-state index contributed by atoms with van der Waals surface area (Å²) in [7, 11) is 0. The van der Waals surface area contributed by atoms with Crippen molar-refractivity contribution < 1.29 is 19.3 Å². The normalized spacial score (nSPS) is 34.0. The maximum Gasteiger partial charge on any atom is 0.0897 e. The molecule has 0 aromatic rings. The molecule has 2 aliphatic heterocycles. The van der Waals surface area contributed by atoms with Crippen molar-refractivity contribution in [3.63, 3.8) is 0 Å². The first-order valence-corrected chi connectivity index (χ1v) is 6.88. The molecule has 0 aromatic carbocycles. The van der Waals surface area contributed by atoms with E-state index in [1.54, 1.807) is 0 Å². The zero-order valence-corrected chi connectivity index (χ0v) is 11.2. The van der Waals surface area contributed by atoms with Crippen molar-refractivity contribution in [3.8, 4) is 0 Å². The topological polar surface area (TPSA) is 60.0 Å². The van der Waals surface area contributed by atoms with Gasteiger partial charge in [-0.2, -0.15) is 0 Å². The van der Waals surface area contributed by atoms with E-state index in [2.05, 4.69) is 12.2 Å².